The molecule has 0 radical (unpaired) electrons. The highest BCUT2D eigenvalue weighted by molar-refractivity contribution is 6.20. The number of unbranched alkanes of at least 4 members (excludes halogenated alkanes) is 14. The first-order valence-corrected chi connectivity index (χ1v) is 10.4. The summed E-state index contributed by atoms with van der Waals surface area (Å²) in [7, 11) is 0. The summed E-state index contributed by atoms with van der Waals surface area (Å²) in [5, 5.41) is 0. The molecule has 0 aliphatic heterocycles. The highest BCUT2D eigenvalue weighted by Crippen LogP contribution is 2.15. The molecular weight excluding hydrogens is 308 g/mol. The van der Waals surface area contributed by atoms with Gasteiger partial charge in [0.05, 0.1) is 0 Å². The van der Waals surface area contributed by atoms with E-state index in [1.54, 1.807) is 0 Å². The van der Waals surface area contributed by atoms with Crippen molar-refractivity contribution in [3.8, 4) is 0 Å². The Balaban J connectivity index is 3.06. The van der Waals surface area contributed by atoms with Gasteiger partial charge in [-0.3, -0.25) is 4.79 Å². The highest BCUT2D eigenvalue weighted by atomic mass is 35.5. The van der Waals surface area contributed by atoms with Crippen molar-refractivity contribution in [1.29, 1.82) is 0 Å². The minimum Gasteiger partial charge on any atom is -0.446 e. The Kier molecular flexibility index (Phi) is 17.9. The van der Waals surface area contributed by atoms with Crippen LogP contribution in [0.3, 0.4) is 0 Å². The Morgan fingerprint density at radius 1 is 0.739 bits per heavy atom. The van der Waals surface area contributed by atoms with Gasteiger partial charge in [0.1, 0.15) is 0 Å². The van der Waals surface area contributed by atoms with Gasteiger partial charge in [0.25, 0.3) is 0 Å². The maximum Gasteiger partial charge on any atom is 0.304 e. The molecule has 138 valence electrons. The van der Waals surface area contributed by atoms with E-state index in [-0.39, 0.29) is 5.97 Å². The molecule has 0 rings (SSSR count). The molecule has 0 aliphatic carbocycles. The Morgan fingerprint density at radius 3 is 1.43 bits per heavy atom. The third-order valence-corrected chi connectivity index (χ3v) is 4.64. The molecule has 0 amide bonds. The Bertz CT molecular complexity index is 256. The molecule has 23 heavy (non-hydrogen) atoms. The van der Waals surface area contributed by atoms with Crippen LogP contribution in [0, 0.1) is 0 Å². The van der Waals surface area contributed by atoms with Gasteiger partial charge in [-0.2, -0.15) is 0 Å². The van der Waals surface area contributed by atoms with Crippen LogP contribution in [-0.4, -0.2) is 11.5 Å². The fourth-order valence-electron chi connectivity index (χ4n) is 2.92. The summed E-state index contributed by atoms with van der Waals surface area (Å²) in [6, 6.07) is 0. The monoisotopic (exact) mass is 346 g/mol. The number of hydrogen-bond donors (Lipinski definition) is 0. The van der Waals surface area contributed by atoms with Crippen molar-refractivity contribution in [2.75, 3.05) is 0 Å². The maximum absolute atomic E-state index is 10.7. The standard InChI is InChI=1S/C20H39ClO2/c1-3-4-5-6-7-8-9-10-11-12-13-14-15-16-17-18-20(21)23-19(2)22/h20H,3-18H2,1-2H3. The van der Waals surface area contributed by atoms with Crippen LogP contribution >= 0.6 is 11.6 Å². The molecule has 0 bridgehead atoms. The number of rotatable bonds is 17. The lowest BCUT2D eigenvalue weighted by Gasteiger charge is -2.09. The minimum absolute atomic E-state index is 0.286. The summed E-state index contributed by atoms with van der Waals surface area (Å²) >= 11 is 5.89. The van der Waals surface area contributed by atoms with Crippen LogP contribution in [0.15, 0.2) is 0 Å². The first-order valence-electron chi connectivity index (χ1n) is 9.98. The van der Waals surface area contributed by atoms with Crippen LogP contribution in [0.2, 0.25) is 0 Å². The molecular formula is C20H39ClO2. The summed E-state index contributed by atoms with van der Waals surface area (Å²) in [5.41, 5.74) is -0.436. The molecule has 3 heteroatoms. The topological polar surface area (TPSA) is 26.3 Å². The number of esters is 1. The summed E-state index contributed by atoms with van der Waals surface area (Å²) in [6.07, 6.45) is 21.2. The van der Waals surface area contributed by atoms with Gasteiger partial charge < -0.3 is 4.74 Å². The SMILES string of the molecule is CCCCCCCCCCCCCCCCCC(Cl)OC(C)=O. The molecule has 1 unspecified atom stereocenters. The van der Waals surface area contributed by atoms with Gasteiger partial charge in [0, 0.05) is 6.92 Å². The van der Waals surface area contributed by atoms with E-state index in [2.05, 4.69) is 6.92 Å². The molecule has 2 nitrogen and oxygen atoms in total. The second-order valence-corrected chi connectivity index (χ2v) is 7.24. The fraction of sp³-hybridized carbons (Fsp3) is 0.950. The maximum atomic E-state index is 10.7. The van der Waals surface area contributed by atoms with E-state index in [0.717, 1.165) is 12.8 Å². The number of ether oxygens (including phenoxy) is 1. The zero-order valence-electron chi connectivity index (χ0n) is 15.6. The number of alkyl halides is 1. The van der Waals surface area contributed by atoms with Crippen LogP contribution in [0.1, 0.15) is 117 Å². The van der Waals surface area contributed by atoms with Crippen LogP contribution in [-0.2, 0) is 9.53 Å². The number of halogens is 1. The summed E-state index contributed by atoms with van der Waals surface area (Å²) < 4.78 is 4.90. The number of carbonyl (C=O) groups excluding carboxylic acids is 1. The summed E-state index contributed by atoms with van der Waals surface area (Å²) in [6.45, 7) is 3.68. The zero-order valence-corrected chi connectivity index (χ0v) is 16.3. The second kappa shape index (κ2) is 18.1. The molecule has 0 fully saturated rings. The largest absolute Gasteiger partial charge is 0.446 e. The average molecular weight is 347 g/mol. The molecule has 0 aliphatic rings. The van der Waals surface area contributed by atoms with Crippen molar-refractivity contribution in [3.63, 3.8) is 0 Å². The van der Waals surface area contributed by atoms with E-state index >= 15 is 0 Å². The smallest absolute Gasteiger partial charge is 0.304 e. The van der Waals surface area contributed by atoms with Crippen molar-refractivity contribution >= 4 is 17.6 Å². The lowest BCUT2D eigenvalue weighted by atomic mass is 10.0. The van der Waals surface area contributed by atoms with E-state index < -0.39 is 5.56 Å². The third-order valence-electron chi connectivity index (χ3n) is 4.33. The van der Waals surface area contributed by atoms with Gasteiger partial charge in [-0.15, -0.1) is 0 Å². The molecule has 0 aromatic carbocycles. The van der Waals surface area contributed by atoms with Gasteiger partial charge >= 0.3 is 5.97 Å². The van der Waals surface area contributed by atoms with Crippen LogP contribution in [0.25, 0.3) is 0 Å². The predicted molar refractivity (Wildman–Crippen MR) is 101 cm³/mol. The third kappa shape index (κ3) is 19.7. The van der Waals surface area contributed by atoms with E-state index in [0.29, 0.717) is 0 Å². The van der Waals surface area contributed by atoms with Crippen molar-refractivity contribution in [1.82, 2.24) is 0 Å². The molecule has 0 saturated heterocycles. The van der Waals surface area contributed by atoms with E-state index in [4.69, 9.17) is 16.3 Å². The first kappa shape index (κ1) is 22.8. The zero-order chi connectivity index (χ0) is 17.2. The van der Waals surface area contributed by atoms with Crippen molar-refractivity contribution in [3.05, 3.63) is 0 Å². The van der Waals surface area contributed by atoms with Gasteiger partial charge in [-0.1, -0.05) is 108 Å². The molecule has 0 spiro atoms. The minimum atomic E-state index is -0.436. The average Bonchev–Trinajstić information content (AvgIpc) is 2.50. The molecule has 0 saturated carbocycles. The molecule has 0 heterocycles. The van der Waals surface area contributed by atoms with Gasteiger partial charge in [-0.05, 0) is 12.8 Å². The Morgan fingerprint density at radius 2 is 1.09 bits per heavy atom. The van der Waals surface area contributed by atoms with E-state index in [1.807, 2.05) is 0 Å². The lowest BCUT2D eigenvalue weighted by Crippen LogP contribution is -2.09. The normalized spacial score (nSPS) is 12.3. The van der Waals surface area contributed by atoms with E-state index in [9.17, 15) is 4.79 Å². The predicted octanol–water partition coefficient (Wildman–Crippen LogP) is 7.38. The number of carbonyl (C=O) groups is 1. The van der Waals surface area contributed by atoms with E-state index in [1.165, 1.54) is 96.8 Å². The number of hydrogen-bond acceptors (Lipinski definition) is 2. The highest BCUT2D eigenvalue weighted by Gasteiger charge is 2.06. The quantitative estimate of drug-likeness (QED) is 0.156. The van der Waals surface area contributed by atoms with Gasteiger partial charge in [-0.25, -0.2) is 0 Å². The fourth-order valence-corrected chi connectivity index (χ4v) is 3.19. The second-order valence-electron chi connectivity index (χ2n) is 6.76. The van der Waals surface area contributed by atoms with Crippen LogP contribution in [0.4, 0.5) is 0 Å². The lowest BCUT2D eigenvalue weighted by molar-refractivity contribution is -0.142. The van der Waals surface area contributed by atoms with Crippen LogP contribution < -0.4 is 0 Å². The Hall–Kier alpha value is -0.240. The van der Waals surface area contributed by atoms with Gasteiger partial charge in [0.2, 0.25) is 0 Å². The first-order chi connectivity index (χ1) is 11.2. The summed E-state index contributed by atoms with van der Waals surface area (Å²) in [4.78, 5) is 10.7. The molecule has 1 atom stereocenters. The summed E-state index contributed by atoms with van der Waals surface area (Å²) in [5.74, 6) is -0.286. The van der Waals surface area contributed by atoms with Crippen molar-refractivity contribution in [2.45, 2.75) is 122 Å². The van der Waals surface area contributed by atoms with Gasteiger partial charge in [0.15, 0.2) is 5.56 Å². The Labute approximate surface area is 149 Å². The van der Waals surface area contributed by atoms with Crippen molar-refractivity contribution < 1.29 is 9.53 Å². The molecule has 0 aromatic heterocycles. The molecule has 0 aromatic rings. The molecule has 0 N–H and O–H groups in total. The van der Waals surface area contributed by atoms with Crippen LogP contribution in [0.5, 0.6) is 0 Å². The van der Waals surface area contributed by atoms with Crippen molar-refractivity contribution in [2.24, 2.45) is 0 Å².